The molecular formula is C42H54I2N2O4. The van der Waals surface area contributed by atoms with E-state index in [0.29, 0.717) is 41.5 Å². The predicted molar refractivity (Wildman–Crippen MR) is 221 cm³/mol. The Kier molecular flexibility index (Phi) is 19.4. The van der Waals surface area contributed by atoms with Crippen LogP contribution < -0.4 is 14.2 Å². The van der Waals surface area contributed by atoms with E-state index in [-0.39, 0.29) is 12.2 Å². The van der Waals surface area contributed by atoms with E-state index >= 15 is 0 Å². The van der Waals surface area contributed by atoms with Gasteiger partial charge >= 0.3 is 0 Å². The molecule has 0 spiro atoms. The summed E-state index contributed by atoms with van der Waals surface area (Å²) in [5.74, 6) is 15.4. The molecule has 6 nitrogen and oxygen atoms in total. The van der Waals surface area contributed by atoms with E-state index < -0.39 is 0 Å². The molecule has 270 valence electrons. The van der Waals surface area contributed by atoms with Gasteiger partial charge in [0.15, 0.2) is 12.5 Å². The molecule has 0 radical (unpaired) electrons. The van der Waals surface area contributed by atoms with Crippen LogP contribution in [0.2, 0.25) is 0 Å². The van der Waals surface area contributed by atoms with Gasteiger partial charge in [0.05, 0.1) is 24.3 Å². The lowest BCUT2D eigenvalue weighted by Gasteiger charge is -2.21. The van der Waals surface area contributed by atoms with Crippen LogP contribution in [-0.4, -0.2) is 37.1 Å². The van der Waals surface area contributed by atoms with E-state index in [1.807, 2.05) is 24.3 Å². The molecule has 50 heavy (non-hydrogen) atoms. The van der Waals surface area contributed by atoms with E-state index in [1.54, 1.807) is 7.11 Å². The number of aromatic nitrogens is 2. The number of ether oxygens (including phenoxy) is 4. The lowest BCUT2D eigenvalue weighted by Crippen LogP contribution is -2.13. The Balaban J connectivity index is 1.89. The third kappa shape index (κ3) is 15.8. The highest BCUT2D eigenvalue weighted by Gasteiger charge is 2.19. The Morgan fingerprint density at radius 2 is 1.02 bits per heavy atom. The standard InChI is InChI=1S/C42H54I2N2O4/c1-7-9-11-13-15-17-23-48-37-27-35(45-39(43)29-37)21-19-32-25-34(42(3,4)5)26-33(41(32)50-31-47-6)20-22-36-28-38(30-40(44)46-36)49-24-18-16-14-12-10-8-2/h25-30H,7-18,23-24,31H2,1-6H3. The molecule has 8 heteroatoms. The van der Waals surface area contributed by atoms with Gasteiger partial charge in [-0.15, -0.1) is 0 Å². The SMILES string of the molecule is CCCCCCCCOc1cc(I)nc(C#Cc2cc(C(C)(C)C)cc(C#Cc3cc(OCCCCCCCC)cc(I)n3)c2OCOC)c1. The second-order valence-electron chi connectivity index (χ2n) is 13.5. The zero-order chi connectivity index (χ0) is 36.2. The summed E-state index contributed by atoms with van der Waals surface area (Å²) < 4.78 is 25.3. The maximum absolute atomic E-state index is 6.14. The van der Waals surface area contributed by atoms with Crippen LogP contribution in [-0.2, 0) is 10.2 Å². The van der Waals surface area contributed by atoms with Crippen molar-refractivity contribution in [3.8, 4) is 40.9 Å². The molecule has 0 unspecified atom stereocenters. The number of methoxy groups -OCH3 is 1. The summed E-state index contributed by atoms with van der Waals surface area (Å²) in [6.45, 7) is 12.4. The van der Waals surface area contributed by atoms with Gasteiger partial charge in [-0.2, -0.15) is 0 Å². The zero-order valence-corrected chi connectivity index (χ0v) is 35.2. The molecule has 0 aliphatic carbocycles. The molecule has 0 amide bonds. The molecule has 0 atom stereocenters. The summed E-state index contributed by atoms with van der Waals surface area (Å²) in [6, 6.07) is 11.9. The summed E-state index contributed by atoms with van der Waals surface area (Å²) in [4.78, 5) is 9.33. The van der Waals surface area contributed by atoms with Crippen molar-refractivity contribution < 1.29 is 18.9 Å². The second kappa shape index (κ2) is 23.1. The first-order valence-corrected chi connectivity index (χ1v) is 20.2. The van der Waals surface area contributed by atoms with E-state index in [0.717, 1.165) is 37.3 Å². The smallest absolute Gasteiger partial charge is 0.188 e. The molecular weight excluding hydrogens is 850 g/mol. The molecule has 0 fully saturated rings. The number of unbranched alkanes of at least 4 members (excludes halogenated alkanes) is 10. The highest BCUT2D eigenvalue weighted by atomic mass is 127. The van der Waals surface area contributed by atoms with Crippen molar-refractivity contribution >= 4 is 45.2 Å². The number of rotatable bonds is 19. The molecule has 2 aromatic heterocycles. The van der Waals surface area contributed by atoms with Crippen molar-refractivity contribution in [2.75, 3.05) is 27.1 Å². The summed E-state index contributed by atoms with van der Waals surface area (Å²) >= 11 is 4.43. The molecule has 3 aromatic rings. The molecule has 1 aromatic carbocycles. The van der Waals surface area contributed by atoms with Gasteiger partial charge in [0.25, 0.3) is 0 Å². The molecule has 0 saturated heterocycles. The first-order chi connectivity index (χ1) is 24.1. The highest BCUT2D eigenvalue weighted by molar-refractivity contribution is 14.1. The van der Waals surface area contributed by atoms with Crippen LogP contribution in [0.1, 0.15) is 140 Å². The average molecular weight is 905 g/mol. The van der Waals surface area contributed by atoms with E-state index in [2.05, 4.69) is 126 Å². The third-order valence-corrected chi connectivity index (χ3v) is 9.10. The first-order valence-electron chi connectivity index (χ1n) is 18.1. The third-order valence-electron chi connectivity index (χ3n) is 7.99. The zero-order valence-electron chi connectivity index (χ0n) is 30.9. The van der Waals surface area contributed by atoms with Gasteiger partial charge in [-0.1, -0.05) is 111 Å². The Labute approximate surface area is 328 Å². The Bertz CT molecular complexity index is 1510. The summed E-state index contributed by atoms with van der Waals surface area (Å²) in [5, 5.41) is 0. The number of pyridine rings is 2. The maximum Gasteiger partial charge on any atom is 0.188 e. The van der Waals surface area contributed by atoms with Gasteiger partial charge < -0.3 is 18.9 Å². The molecule has 0 aliphatic heterocycles. The lowest BCUT2D eigenvalue weighted by molar-refractivity contribution is 0.0507. The van der Waals surface area contributed by atoms with Crippen LogP contribution in [0, 0.1) is 31.1 Å². The Morgan fingerprint density at radius 3 is 1.44 bits per heavy atom. The number of hydrogen-bond donors (Lipinski definition) is 0. The topological polar surface area (TPSA) is 62.7 Å². The number of halogens is 2. The fourth-order valence-corrected chi connectivity index (χ4v) is 6.30. The predicted octanol–water partition coefficient (Wildman–Crippen LogP) is 11.2. The molecule has 0 saturated carbocycles. The quantitative estimate of drug-likeness (QED) is 0.0393. The minimum atomic E-state index is -0.150. The van der Waals surface area contributed by atoms with Crippen LogP contribution >= 0.6 is 45.2 Å². The van der Waals surface area contributed by atoms with Crippen molar-refractivity contribution in [2.24, 2.45) is 0 Å². The maximum atomic E-state index is 6.14. The van der Waals surface area contributed by atoms with Gasteiger partial charge in [-0.3, -0.25) is 0 Å². The fourth-order valence-electron chi connectivity index (χ4n) is 5.17. The normalized spacial score (nSPS) is 11.0. The van der Waals surface area contributed by atoms with Crippen LogP contribution in [0.3, 0.4) is 0 Å². The van der Waals surface area contributed by atoms with Crippen LogP contribution in [0.4, 0.5) is 0 Å². The minimum Gasteiger partial charge on any atom is -0.493 e. The van der Waals surface area contributed by atoms with Gasteiger partial charge in [0.1, 0.15) is 30.3 Å². The van der Waals surface area contributed by atoms with E-state index in [1.165, 1.54) is 64.2 Å². The number of nitrogens with zero attached hydrogens (tertiary/aromatic N) is 2. The van der Waals surface area contributed by atoms with Crippen molar-refractivity contribution in [3.63, 3.8) is 0 Å². The van der Waals surface area contributed by atoms with Gasteiger partial charge in [0.2, 0.25) is 0 Å². The van der Waals surface area contributed by atoms with Crippen LogP contribution in [0.5, 0.6) is 17.2 Å². The monoisotopic (exact) mass is 904 g/mol. The van der Waals surface area contributed by atoms with E-state index in [9.17, 15) is 0 Å². The number of hydrogen-bond acceptors (Lipinski definition) is 6. The largest absolute Gasteiger partial charge is 0.493 e. The molecule has 0 aliphatic rings. The van der Waals surface area contributed by atoms with Crippen LogP contribution in [0.25, 0.3) is 0 Å². The molecule has 0 N–H and O–H groups in total. The van der Waals surface area contributed by atoms with Gasteiger partial charge in [-0.05, 0) is 93.0 Å². The Hall–Kier alpha value is -2.54. The molecule has 3 rings (SSSR count). The van der Waals surface area contributed by atoms with Crippen molar-refractivity contribution in [2.45, 2.75) is 117 Å². The van der Waals surface area contributed by atoms with Crippen molar-refractivity contribution in [1.29, 1.82) is 0 Å². The van der Waals surface area contributed by atoms with E-state index in [4.69, 9.17) is 18.9 Å². The number of benzene rings is 1. The summed E-state index contributed by atoms with van der Waals surface area (Å²) in [6.07, 6.45) is 14.7. The summed E-state index contributed by atoms with van der Waals surface area (Å²) in [5.41, 5.74) is 3.64. The first kappa shape index (κ1) is 41.9. The van der Waals surface area contributed by atoms with Crippen molar-refractivity contribution in [3.05, 3.63) is 71.9 Å². The van der Waals surface area contributed by atoms with Gasteiger partial charge in [-0.25, -0.2) is 9.97 Å². The lowest BCUT2D eigenvalue weighted by atomic mass is 9.84. The summed E-state index contributed by atoms with van der Waals surface area (Å²) in [7, 11) is 1.60. The molecule has 2 heterocycles. The average Bonchev–Trinajstić information content (AvgIpc) is 3.07. The molecule has 0 bridgehead atoms. The second-order valence-corrected chi connectivity index (χ2v) is 15.7. The Morgan fingerprint density at radius 1 is 0.580 bits per heavy atom. The fraction of sp³-hybridized carbons (Fsp3) is 0.524. The van der Waals surface area contributed by atoms with Crippen molar-refractivity contribution in [1.82, 2.24) is 9.97 Å². The highest BCUT2D eigenvalue weighted by Crippen LogP contribution is 2.32. The minimum absolute atomic E-state index is 0.0636. The van der Waals surface area contributed by atoms with Gasteiger partial charge in [0, 0.05) is 31.4 Å². The van der Waals surface area contributed by atoms with Crippen LogP contribution in [0.15, 0.2) is 36.4 Å².